The van der Waals surface area contributed by atoms with Crippen LogP contribution >= 0.6 is 11.6 Å². The second-order valence-electron chi connectivity index (χ2n) is 12.7. The second kappa shape index (κ2) is 14.5. The van der Waals surface area contributed by atoms with E-state index in [2.05, 4.69) is 5.32 Å². The lowest BCUT2D eigenvalue weighted by atomic mass is 10.0. The Hall–Kier alpha value is -4.14. The van der Waals surface area contributed by atoms with E-state index in [-0.39, 0.29) is 23.8 Å². The van der Waals surface area contributed by atoms with Crippen molar-refractivity contribution in [1.29, 1.82) is 0 Å². The molecule has 1 N–H and O–H groups in total. The minimum absolute atomic E-state index is 0.00112. The zero-order valence-electron chi connectivity index (χ0n) is 27.2. The zero-order valence-corrected chi connectivity index (χ0v) is 28.8. The molecule has 4 aromatic carbocycles. The van der Waals surface area contributed by atoms with Gasteiger partial charge in [-0.15, -0.1) is 0 Å². The van der Waals surface area contributed by atoms with E-state index < -0.39 is 34.1 Å². The van der Waals surface area contributed by atoms with Crippen LogP contribution in [0.15, 0.2) is 102 Å². The van der Waals surface area contributed by atoms with Crippen molar-refractivity contribution in [1.82, 2.24) is 10.2 Å². The Kier molecular flexibility index (Phi) is 11.0. The molecule has 0 radical (unpaired) electrons. The minimum atomic E-state index is -4.19. The fourth-order valence-electron chi connectivity index (χ4n) is 5.25. The Morgan fingerprint density at radius 2 is 1.43 bits per heavy atom. The third-order valence-corrected chi connectivity index (χ3v) is 9.72. The summed E-state index contributed by atoms with van der Waals surface area (Å²) in [6.07, 6.45) is 0.215. The molecule has 0 aromatic heterocycles. The number of hydrogen-bond acceptors (Lipinski definition) is 4. The maximum absolute atomic E-state index is 14.7. The molecule has 0 aliphatic rings. The minimum Gasteiger partial charge on any atom is -0.350 e. The van der Waals surface area contributed by atoms with Crippen molar-refractivity contribution in [3.8, 4) is 0 Å². The molecule has 0 saturated heterocycles. The number of halogens is 1. The third kappa shape index (κ3) is 8.77. The number of sulfonamides is 1. The van der Waals surface area contributed by atoms with Gasteiger partial charge in [-0.3, -0.25) is 13.9 Å². The van der Waals surface area contributed by atoms with Crippen LogP contribution in [0.3, 0.4) is 0 Å². The molecule has 46 heavy (non-hydrogen) atoms. The summed E-state index contributed by atoms with van der Waals surface area (Å²) in [5, 5.41) is 3.48. The van der Waals surface area contributed by atoms with E-state index >= 15 is 0 Å². The van der Waals surface area contributed by atoms with Crippen LogP contribution in [-0.4, -0.2) is 43.3 Å². The van der Waals surface area contributed by atoms with Crippen molar-refractivity contribution >= 4 is 39.1 Å². The number of nitrogens with zero attached hydrogens (tertiary/aromatic N) is 2. The van der Waals surface area contributed by atoms with E-state index in [1.54, 1.807) is 48.5 Å². The molecule has 0 bridgehead atoms. The number of amides is 2. The van der Waals surface area contributed by atoms with Crippen LogP contribution in [0.5, 0.6) is 0 Å². The number of rotatable bonds is 11. The Morgan fingerprint density at radius 1 is 0.826 bits per heavy atom. The van der Waals surface area contributed by atoms with Gasteiger partial charge >= 0.3 is 0 Å². The molecule has 0 saturated carbocycles. The van der Waals surface area contributed by atoms with E-state index in [0.717, 1.165) is 21.0 Å². The number of carbonyl (C=O) groups excluding carboxylic acids is 2. The SMILES string of the molecule is Cc1ccc(S(=O)(=O)N(CC(=O)N(Cc2ccccc2Cl)[C@H](Cc2ccccc2)C(=O)NC(C)(C)C)c2ccc(C)cc2C)cc1. The lowest BCUT2D eigenvalue weighted by Gasteiger charge is -2.35. The summed E-state index contributed by atoms with van der Waals surface area (Å²) >= 11 is 6.58. The highest BCUT2D eigenvalue weighted by atomic mass is 35.5. The van der Waals surface area contributed by atoms with Gasteiger partial charge in [0.1, 0.15) is 12.6 Å². The Balaban J connectivity index is 1.85. The van der Waals surface area contributed by atoms with Crippen molar-refractivity contribution in [2.45, 2.75) is 71.0 Å². The summed E-state index contributed by atoms with van der Waals surface area (Å²) in [6.45, 7) is 10.7. The summed E-state index contributed by atoms with van der Waals surface area (Å²) in [6, 6.07) is 27.6. The van der Waals surface area contributed by atoms with Crippen LogP contribution in [-0.2, 0) is 32.6 Å². The maximum atomic E-state index is 14.7. The van der Waals surface area contributed by atoms with Crippen molar-refractivity contribution < 1.29 is 18.0 Å². The maximum Gasteiger partial charge on any atom is 0.264 e. The van der Waals surface area contributed by atoms with Gasteiger partial charge in [0, 0.05) is 23.5 Å². The molecule has 242 valence electrons. The summed E-state index contributed by atoms with van der Waals surface area (Å²) in [7, 11) is -4.19. The summed E-state index contributed by atoms with van der Waals surface area (Å²) in [5.41, 5.74) is 3.87. The third-order valence-electron chi connectivity index (χ3n) is 7.58. The number of nitrogens with one attached hydrogen (secondary N) is 1. The molecule has 0 fully saturated rings. The van der Waals surface area contributed by atoms with Crippen LogP contribution < -0.4 is 9.62 Å². The quantitative estimate of drug-likeness (QED) is 0.188. The Bertz CT molecular complexity index is 1790. The highest BCUT2D eigenvalue weighted by Gasteiger charge is 2.36. The molecule has 0 spiro atoms. The predicted octanol–water partition coefficient (Wildman–Crippen LogP) is 7.02. The van der Waals surface area contributed by atoms with Crippen molar-refractivity contribution in [3.63, 3.8) is 0 Å². The van der Waals surface area contributed by atoms with Gasteiger partial charge in [-0.25, -0.2) is 8.42 Å². The highest BCUT2D eigenvalue weighted by molar-refractivity contribution is 7.92. The van der Waals surface area contributed by atoms with Crippen molar-refractivity contribution in [2.24, 2.45) is 0 Å². The highest BCUT2D eigenvalue weighted by Crippen LogP contribution is 2.29. The van der Waals surface area contributed by atoms with Gasteiger partial charge < -0.3 is 10.2 Å². The largest absolute Gasteiger partial charge is 0.350 e. The smallest absolute Gasteiger partial charge is 0.264 e. The van der Waals surface area contributed by atoms with Crippen LogP contribution in [0.2, 0.25) is 5.02 Å². The van der Waals surface area contributed by atoms with Gasteiger partial charge in [0.15, 0.2) is 0 Å². The molecule has 0 heterocycles. The van der Waals surface area contributed by atoms with E-state index in [9.17, 15) is 18.0 Å². The van der Waals surface area contributed by atoms with Gasteiger partial charge in [0.2, 0.25) is 11.8 Å². The molecular weight excluding hydrogens is 618 g/mol. The van der Waals surface area contributed by atoms with Crippen LogP contribution in [0, 0.1) is 20.8 Å². The molecular formula is C37H42ClN3O4S. The molecule has 2 amide bonds. The Labute approximate surface area is 278 Å². The number of hydrogen-bond donors (Lipinski definition) is 1. The van der Waals surface area contributed by atoms with Gasteiger partial charge in [0.05, 0.1) is 10.6 Å². The number of carbonyl (C=O) groups is 2. The average Bonchev–Trinajstić information content (AvgIpc) is 2.98. The Morgan fingerprint density at radius 3 is 2.04 bits per heavy atom. The average molecular weight is 660 g/mol. The van der Waals surface area contributed by atoms with E-state index in [4.69, 9.17) is 11.6 Å². The molecule has 9 heteroatoms. The molecule has 0 unspecified atom stereocenters. The summed E-state index contributed by atoms with van der Waals surface area (Å²) in [5.74, 6) is -0.892. The number of benzene rings is 4. The summed E-state index contributed by atoms with van der Waals surface area (Å²) in [4.78, 5) is 30.2. The molecule has 4 rings (SSSR count). The monoisotopic (exact) mass is 659 g/mol. The normalized spacial score (nSPS) is 12.3. The second-order valence-corrected chi connectivity index (χ2v) is 14.9. The van der Waals surface area contributed by atoms with Gasteiger partial charge in [-0.05, 0) is 82.5 Å². The fourth-order valence-corrected chi connectivity index (χ4v) is 6.93. The molecule has 0 aliphatic carbocycles. The van der Waals surface area contributed by atoms with Gasteiger partial charge in [0.25, 0.3) is 10.0 Å². The van der Waals surface area contributed by atoms with Gasteiger partial charge in [-0.1, -0.05) is 95.5 Å². The first-order chi connectivity index (χ1) is 21.7. The number of aryl methyl sites for hydroxylation is 3. The lowest BCUT2D eigenvalue weighted by molar-refractivity contribution is -0.140. The first-order valence-corrected chi connectivity index (χ1v) is 17.0. The first kappa shape index (κ1) is 34.7. The molecule has 4 aromatic rings. The molecule has 1 atom stereocenters. The topological polar surface area (TPSA) is 86.8 Å². The molecule has 7 nitrogen and oxygen atoms in total. The molecule has 0 aliphatic heterocycles. The van der Waals surface area contributed by atoms with E-state index in [0.29, 0.717) is 21.8 Å². The fraction of sp³-hybridized carbons (Fsp3) is 0.297. The lowest BCUT2D eigenvalue weighted by Crippen LogP contribution is -2.56. The van der Waals surface area contributed by atoms with Crippen LogP contribution in [0.4, 0.5) is 5.69 Å². The van der Waals surface area contributed by atoms with Gasteiger partial charge in [-0.2, -0.15) is 0 Å². The van der Waals surface area contributed by atoms with E-state index in [1.165, 1.54) is 4.90 Å². The van der Waals surface area contributed by atoms with Crippen LogP contribution in [0.1, 0.15) is 48.6 Å². The summed E-state index contributed by atoms with van der Waals surface area (Å²) < 4.78 is 29.7. The van der Waals surface area contributed by atoms with Crippen molar-refractivity contribution in [3.05, 3.63) is 130 Å². The van der Waals surface area contributed by atoms with Crippen molar-refractivity contribution in [2.75, 3.05) is 10.8 Å². The van der Waals surface area contributed by atoms with Crippen LogP contribution in [0.25, 0.3) is 0 Å². The predicted molar refractivity (Wildman–Crippen MR) is 185 cm³/mol. The first-order valence-electron chi connectivity index (χ1n) is 15.2. The standard InChI is InChI=1S/C37H42ClN3O4S/c1-26-16-19-31(20-17-26)46(44,45)41(33-21-18-27(2)22-28(33)3)25-35(42)40(24-30-14-10-11-15-32(30)38)34(36(43)39-37(4,5)6)23-29-12-8-7-9-13-29/h7-22,34H,23-25H2,1-6H3,(H,39,43)/t34-/m1/s1. The van der Waals surface area contributed by atoms with E-state index in [1.807, 2.05) is 90.1 Å². The zero-order chi connectivity index (χ0) is 33.6. The number of anilines is 1.